The van der Waals surface area contributed by atoms with Gasteiger partial charge in [-0.2, -0.15) is 0 Å². The lowest BCUT2D eigenvalue weighted by atomic mass is 10.2. The first-order chi connectivity index (χ1) is 4.31. The second-order valence-corrected chi connectivity index (χ2v) is 2.33. The normalized spacial score (nSPS) is 11.2. The number of rotatable bonds is 5. The van der Waals surface area contributed by atoms with E-state index in [9.17, 15) is 0 Å². The Morgan fingerprint density at radius 1 is 1.27 bits per heavy atom. The summed E-state index contributed by atoms with van der Waals surface area (Å²) in [6.07, 6.45) is 0. The highest BCUT2D eigenvalue weighted by molar-refractivity contribution is 4.56. The van der Waals surface area contributed by atoms with Crippen molar-refractivity contribution in [1.82, 2.24) is 5.32 Å². The van der Waals surface area contributed by atoms with Crippen LogP contribution in [0.25, 0.3) is 0 Å². The molecule has 1 unspecified atom stereocenters. The Balaban J connectivity index is -0.000000320. The van der Waals surface area contributed by atoms with Gasteiger partial charge in [0.15, 0.2) is 0 Å². The highest BCUT2D eigenvalue weighted by Crippen LogP contribution is 1.84. The van der Waals surface area contributed by atoms with E-state index in [1.165, 1.54) is 0 Å². The van der Waals surface area contributed by atoms with Gasteiger partial charge in [-0.05, 0) is 19.0 Å². The lowest BCUT2D eigenvalue weighted by Crippen LogP contribution is -2.29. The first-order valence-corrected chi connectivity index (χ1v) is 3.42. The molecule has 0 saturated carbocycles. The Kier molecular flexibility index (Phi) is 19.5. The zero-order chi connectivity index (χ0) is 7.11. The van der Waals surface area contributed by atoms with E-state index >= 15 is 0 Å². The summed E-state index contributed by atoms with van der Waals surface area (Å²) >= 11 is 0. The van der Waals surface area contributed by atoms with Crippen LogP contribution < -0.4 is 16.8 Å². The summed E-state index contributed by atoms with van der Waals surface area (Å²) in [5.41, 5.74) is 10.6. The fourth-order valence-electron chi connectivity index (χ4n) is 0.534. The molecule has 3 heteroatoms. The number of nitrogens with one attached hydrogen (secondary N) is 1. The van der Waals surface area contributed by atoms with Crippen molar-refractivity contribution in [3.05, 3.63) is 0 Å². The van der Waals surface area contributed by atoms with Crippen LogP contribution in [0.4, 0.5) is 0 Å². The summed E-state index contributed by atoms with van der Waals surface area (Å²) in [6.45, 7) is 5.44. The molecule has 0 rings (SSSR count). The van der Waals surface area contributed by atoms with Crippen LogP contribution in [-0.4, -0.2) is 26.2 Å². The second-order valence-electron chi connectivity index (χ2n) is 2.33. The average Bonchev–Trinajstić information content (AvgIpc) is 1.89. The van der Waals surface area contributed by atoms with Gasteiger partial charge in [0.1, 0.15) is 0 Å². The van der Waals surface area contributed by atoms with Gasteiger partial charge in [0.05, 0.1) is 0 Å². The van der Waals surface area contributed by atoms with Crippen LogP contribution >= 0.6 is 0 Å². The van der Waals surface area contributed by atoms with Crippen molar-refractivity contribution in [2.75, 3.05) is 26.2 Å². The molecule has 0 aliphatic heterocycles. The number of hydrogen-bond donors (Lipinski definition) is 3. The summed E-state index contributed by atoms with van der Waals surface area (Å²) in [4.78, 5) is 0. The molecule has 0 saturated heterocycles. The molecular weight excluding hydrogens is 138 g/mol. The molecule has 0 aliphatic carbocycles. The van der Waals surface area contributed by atoms with Gasteiger partial charge in [-0.1, -0.05) is 21.8 Å². The van der Waals surface area contributed by atoms with Crippen LogP contribution in [0.5, 0.6) is 0 Å². The first kappa shape index (κ1) is 17.1. The van der Waals surface area contributed by atoms with E-state index in [4.69, 9.17) is 11.5 Å². The fourth-order valence-corrected chi connectivity index (χ4v) is 0.534. The van der Waals surface area contributed by atoms with E-state index in [0.29, 0.717) is 12.5 Å². The van der Waals surface area contributed by atoms with Gasteiger partial charge < -0.3 is 16.8 Å². The Morgan fingerprint density at radius 2 is 1.82 bits per heavy atom. The minimum Gasteiger partial charge on any atom is -0.330 e. The molecular formula is C8H25N3. The minimum atomic E-state index is 0. The molecule has 0 bridgehead atoms. The van der Waals surface area contributed by atoms with Gasteiger partial charge in [-0.15, -0.1) is 0 Å². The van der Waals surface area contributed by atoms with E-state index < -0.39 is 0 Å². The van der Waals surface area contributed by atoms with Crippen molar-refractivity contribution in [2.24, 2.45) is 17.4 Å². The van der Waals surface area contributed by atoms with Crippen LogP contribution in [0.2, 0.25) is 0 Å². The van der Waals surface area contributed by atoms with Gasteiger partial charge in [-0.25, -0.2) is 0 Å². The third kappa shape index (κ3) is 13.0. The van der Waals surface area contributed by atoms with Crippen molar-refractivity contribution in [2.45, 2.75) is 21.8 Å². The smallest absolute Gasteiger partial charge is 0.00746 e. The van der Waals surface area contributed by atoms with Gasteiger partial charge in [0.2, 0.25) is 0 Å². The van der Waals surface area contributed by atoms with Crippen LogP contribution in [0.1, 0.15) is 21.8 Å². The molecule has 0 aromatic carbocycles. The molecule has 0 aliphatic rings. The quantitative estimate of drug-likeness (QED) is 0.514. The zero-order valence-corrected chi connectivity index (χ0v) is 6.06. The highest BCUT2D eigenvalue weighted by atomic mass is 14.9. The topological polar surface area (TPSA) is 64.1 Å². The predicted octanol–water partition coefficient (Wildman–Crippen LogP) is 0.402. The molecule has 0 amide bonds. The molecule has 5 N–H and O–H groups in total. The third-order valence-electron chi connectivity index (χ3n) is 1.22. The fraction of sp³-hybridized carbons (Fsp3) is 1.00. The van der Waals surface area contributed by atoms with Crippen molar-refractivity contribution in [3.8, 4) is 0 Å². The molecule has 0 spiro atoms. The van der Waals surface area contributed by atoms with Crippen LogP contribution in [-0.2, 0) is 0 Å². The number of hydrogen-bond acceptors (Lipinski definition) is 3. The predicted molar refractivity (Wildman–Crippen MR) is 53.6 cm³/mol. The Hall–Kier alpha value is -0.120. The maximum atomic E-state index is 5.38. The summed E-state index contributed by atoms with van der Waals surface area (Å²) in [6, 6.07) is 0. The second kappa shape index (κ2) is 12.5. The Labute approximate surface area is 71.5 Å². The van der Waals surface area contributed by atoms with Crippen LogP contribution in [0.15, 0.2) is 0 Å². The molecule has 11 heavy (non-hydrogen) atoms. The average molecular weight is 163 g/mol. The SMILES string of the molecule is C.C.CC(CN)CNCCN. The molecule has 0 aromatic rings. The summed E-state index contributed by atoms with van der Waals surface area (Å²) in [5, 5.41) is 3.18. The van der Waals surface area contributed by atoms with Crippen molar-refractivity contribution in [3.63, 3.8) is 0 Å². The Morgan fingerprint density at radius 3 is 2.18 bits per heavy atom. The summed E-state index contributed by atoms with van der Waals surface area (Å²) in [7, 11) is 0. The zero-order valence-electron chi connectivity index (χ0n) is 6.06. The molecule has 0 radical (unpaired) electrons. The van der Waals surface area contributed by atoms with Crippen molar-refractivity contribution in [1.29, 1.82) is 0 Å². The Bertz CT molecular complexity index is 57.3. The summed E-state index contributed by atoms with van der Waals surface area (Å²) in [5.74, 6) is 0.566. The van der Waals surface area contributed by atoms with E-state index in [-0.39, 0.29) is 14.9 Å². The standard InChI is InChI=1S/C6H17N3.2CH4/c1-6(4-8)5-9-3-2-7;;/h6,9H,2-5,7-8H2,1H3;2*1H4. The first-order valence-electron chi connectivity index (χ1n) is 3.42. The highest BCUT2D eigenvalue weighted by Gasteiger charge is 1.94. The van der Waals surface area contributed by atoms with Gasteiger partial charge in [0.25, 0.3) is 0 Å². The third-order valence-corrected chi connectivity index (χ3v) is 1.22. The van der Waals surface area contributed by atoms with Gasteiger partial charge >= 0.3 is 0 Å². The maximum Gasteiger partial charge on any atom is 0.00746 e. The van der Waals surface area contributed by atoms with Crippen molar-refractivity contribution >= 4 is 0 Å². The van der Waals surface area contributed by atoms with E-state index in [1.54, 1.807) is 0 Å². The largest absolute Gasteiger partial charge is 0.330 e. The van der Waals surface area contributed by atoms with E-state index in [0.717, 1.165) is 19.6 Å². The summed E-state index contributed by atoms with van der Waals surface area (Å²) < 4.78 is 0. The molecule has 3 nitrogen and oxygen atoms in total. The maximum absolute atomic E-state index is 5.38. The van der Waals surface area contributed by atoms with Gasteiger partial charge in [0, 0.05) is 13.1 Å². The molecule has 1 atom stereocenters. The monoisotopic (exact) mass is 163 g/mol. The van der Waals surface area contributed by atoms with E-state index in [2.05, 4.69) is 12.2 Å². The lowest BCUT2D eigenvalue weighted by molar-refractivity contribution is 0.527. The van der Waals surface area contributed by atoms with Gasteiger partial charge in [-0.3, -0.25) is 0 Å². The van der Waals surface area contributed by atoms with Crippen LogP contribution in [0.3, 0.4) is 0 Å². The molecule has 0 heterocycles. The molecule has 72 valence electrons. The molecule has 0 fully saturated rings. The number of nitrogens with two attached hydrogens (primary N) is 2. The van der Waals surface area contributed by atoms with E-state index in [1.807, 2.05) is 0 Å². The minimum absolute atomic E-state index is 0. The lowest BCUT2D eigenvalue weighted by Gasteiger charge is -2.07. The van der Waals surface area contributed by atoms with Crippen LogP contribution in [0, 0.1) is 5.92 Å². The van der Waals surface area contributed by atoms with Crippen molar-refractivity contribution < 1.29 is 0 Å². The molecule has 0 aromatic heterocycles.